The van der Waals surface area contributed by atoms with Crippen LogP contribution < -0.4 is 0 Å². The SMILES string of the molecule is CCc1c(C)nn(C(CC)c2nc(CCl)cs2)c1C. The molecule has 0 aliphatic heterocycles. The van der Waals surface area contributed by atoms with Gasteiger partial charge in [0.25, 0.3) is 0 Å². The standard InChI is InChI=1S/C14H20ClN3S/c1-5-12-9(3)17-18(10(12)4)13(6-2)14-16-11(7-15)8-19-14/h8,13H,5-7H2,1-4H3. The second-order valence-corrected chi connectivity index (χ2v) is 5.84. The summed E-state index contributed by atoms with van der Waals surface area (Å²) in [5, 5.41) is 7.86. The summed E-state index contributed by atoms with van der Waals surface area (Å²) in [7, 11) is 0. The molecule has 0 amide bonds. The lowest BCUT2D eigenvalue weighted by molar-refractivity contribution is 0.492. The van der Waals surface area contributed by atoms with Crippen molar-refractivity contribution in [2.75, 3.05) is 0 Å². The molecule has 0 fully saturated rings. The topological polar surface area (TPSA) is 30.7 Å². The minimum Gasteiger partial charge on any atom is -0.259 e. The van der Waals surface area contributed by atoms with Gasteiger partial charge in [0.05, 0.1) is 17.3 Å². The van der Waals surface area contributed by atoms with Crippen molar-refractivity contribution >= 4 is 22.9 Å². The molecule has 0 bridgehead atoms. The quantitative estimate of drug-likeness (QED) is 0.772. The van der Waals surface area contributed by atoms with E-state index in [4.69, 9.17) is 16.7 Å². The largest absolute Gasteiger partial charge is 0.259 e. The van der Waals surface area contributed by atoms with E-state index in [-0.39, 0.29) is 6.04 Å². The van der Waals surface area contributed by atoms with Crippen LogP contribution in [0.4, 0.5) is 0 Å². The smallest absolute Gasteiger partial charge is 0.118 e. The Morgan fingerprint density at radius 3 is 2.58 bits per heavy atom. The number of nitrogens with zero attached hydrogens (tertiary/aromatic N) is 3. The molecule has 0 saturated carbocycles. The van der Waals surface area contributed by atoms with Gasteiger partial charge in [-0.05, 0) is 32.3 Å². The van der Waals surface area contributed by atoms with E-state index in [0.717, 1.165) is 29.2 Å². The summed E-state index contributed by atoms with van der Waals surface area (Å²) in [5.74, 6) is 0.476. The van der Waals surface area contributed by atoms with E-state index in [0.29, 0.717) is 5.88 Å². The monoisotopic (exact) mass is 297 g/mol. The van der Waals surface area contributed by atoms with Gasteiger partial charge in [-0.15, -0.1) is 22.9 Å². The number of rotatable bonds is 5. The maximum Gasteiger partial charge on any atom is 0.118 e. The van der Waals surface area contributed by atoms with Gasteiger partial charge in [-0.3, -0.25) is 4.68 Å². The average molecular weight is 298 g/mol. The molecule has 1 unspecified atom stereocenters. The van der Waals surface area contributed by atoms with Crippen LogP contribution in [0.25, 0.3) is 0 Å². The summed E-state index contributed by atoms with van der Waals surface area (Å²) in [6.45, 7) is 8.59. The van der Waals surface area contributed by atoms with Gasteiger partial charge in [-0.1, -0.05) is 13.8 Å². The van der Waals surface area contributed by atoms with Crippen LogP contribution in [0.1, 0.15) is 54.0 Å². The van der Waals surface area contributed by atoms with Crippen LogP contribution in [0.5, 0.6) is 0 Å². The predicted molar refractivity (Wildman–Crippen MR) is 81.2 cm³/mol. The molecule has 5 heteroatoms. The van der Waals surface area contributed by atoms with Crippen molar-refractivity contribution < 1.29 is 0 Å². The molecule has 19 heavy (non-hydrogen) atoms. The van der Waals surface area contributed by atoms with E-state index in [1.165, 1.54) is 11.3 Å². The highest BCUT2D eigenvalue weighted by Crippen LogP contribution is 2.28. The number of aryl methyl sites for hydroxylation is 1. The molecule has 2 rings (SSSR count). The van der Waals surface area contributed by atoms with Gasteiger partial charge in [0.2, 0.25) is 0 Å². The van der Waals surface area contributed by atoms with E-state index in [1.807, 2.05) is 5.38 Å². The fourth-order valence-electron chi connectivity index (χ4n) is 2.50. The number of aromatic nitrogens is 3. The average Bonchev–Trinajstić information content (AvgIpc) is 2.97. The van der Waals surface area contributed by atoms with Gasteiger partial charge < -0.3 is 0 Å². The first-order chi connectivity index (χ1) is 9.12. The van der Waals surface area contributed by atoms with Gasteiger partial charge >= 0.3 is 0 Å². The highest BCUT2D eigenvalue weighted by atomic mass is 35.5. The molecule has 2 aromatic rings. The lowest BCUT2D eigenvalue weighted by Gasteiger charge is -2.15. The third-order valence-electron chi connectivity index (χ3n) is 3.50. The maximum atomic E-state index is 5.84. The number of hydrogen-bond donors (Lipinski definition) is 0. The first kappa shape index (κ1) is 14.5. The Bertz CT molecular complexity index is 559. The van der Waals surface area contributed by atoms with Crippen LogP contribution in [0, 0.1) is 13.8 Å². The first-order valence-electron chi connectivity index (χ1n) is 6.67. The molecule has 2 heterocycles. The van der Waals surface area contributed by atoms with Crippen LogP contribution in [0.2, 0.25) is 0 Å². The molecule has 0 radical (unpaired) electrons. The molecule has 0 N–H and O–H groups in total. The normalized spacial score (nSPS) is 12.9. The molecule has 104 valence electrons. The lowest BCUT2D eigenvalue weighted by atomic mass is 10.1. The molecular weight excluding hydrogens is 278 g/mol. The van der Waals surface area contributed by atoms with Crippen molar-refractivity contribution in [2.45, 2.75) is 52.5 Å². The summed E-state index contributed by atoms with van der Waals surface area (Å²) in [6, 6.07) is 0.223. The summed E-state index contributed by atoms with van der Waals surface area (Å²) in [5.41, 5.74) is 4.70. The Balaban J connectivity index is 2.42. The summed E-state index contributed by atoms with van der Waals surface area (Å²) in [6.07, 6.45) is 2.01. The molecule has 0 aliphatic rings. The molecule has 2 aromatic heterocycles. The summed E-state index contributed by atoms with van der Waals surface area (Å²) < 4.78 is 2.13. The van der Waals surface area contributed by atoms with Crippen molar-refractivity contribution in [2.24, 2.45) is 0 Å². The zero-order chi connectivity index (χ0) is 14.0. The Hall–Kier alpha value is -0.870. The minimum absolute atomic E-state index is 0.223. The fraction of sp³-hybridized carbons (Fsp3) is 0.571. The lowest BCUT2D eigenvalue weighted by Crippen LogP contribution is -2.13. The Morgan fingerprint density at radius 1 is 1.37 bits per heavy atom. The van der Waals surface area contributed by atoms with Crippen molar-refractivity contribution in [3.63, 3.8) is 0 Å². The first-order valence-corrected chi connectivity index (χ1v) is 8.08. The second kappa shape index (κ2) is 6.06. The van der Waals surface area contributed by atoms with Gasteiger partial charge in [-0.25, -0.2) is 4.98 Å². The van der Waals surface area contributed by atoms with Gasteiger partial charge in [0.1, 0.15) is 11.0 Å². The molecule has 0 aromatic carbocycles. The van der Waals surface area contributed by atoms with E-state index in [2.05, 4.69) is 37.4 Å². The van der Waals surface area contributed by atoms with Gasteiger partial charge in [0.15, 0.2) is 0 Å². The molecule has 0 spiro atoms. The van der Waals surface area contributed by atoms with Gasteiger partial charge in [-0.2, -0.15) is 5.10 Å². The number of hydrogen-bond acceptors (Lipinski definition) is 3. The number of alkyl halides is 1. The van der Waals surface area contributed by atoms with Gasteiger partial charge in [0, 0.05) is 11.1 Å². The summed E-state index contributed by atoms with van der Waals surface area (Å²) in [4.78, 5) is 4.61. The summed E-state index contributed by atoms with van der Waals surface area (Å²) >= 11 is 7.52. The fourth-order valence-corrected chi connectivity index (χ4v) is 3.72. The Morgan fingerprint density at radius 2 is 2.11 bits per heavy atom. The molecule has 3 nitrogen and oxygen atoms in total. The van der Waals surface area contributed by atoms with Crippen molar-refractivity contribution in [1.29, 1.82) is 0 Å². The van der Waals surface area contributed by atoms with Crippen LogP contribution in [-0.4, -0.2) is 14.8 Å². The highest BCUT2D eigenvalue weighted by Gasteiger charge is 2.20. The Labute approximate surface area is 123 Å². The van der Waals surface area contributed by atoms with E-state index < -0.39 is 0 Å². The molecule has 0 saturated heterocycles. The zero-order valence-electron chi connectivity index (χ0n) is 11.9. The van der Waals surface area contributed by atoms with Crippen LogP contribution in [0.3, 0.4) is 0 Å². The third-order valence-corrected chi connectivity index (χ3v) is 4.77. The minimum atomic E-state index is 0.223. The second-order valence-electron chi connectivity index (χ2n) is 4.68. The predicted octanol–water partition coefficient (Wildman–Crippen LogP) is 4.26. The van der Waals surface area contributed by atoms with Crippen LogP contribution in [-0.2, 0) is 12.3 Å². The molecule has 0 aliphatic carbocycles. The van der Waals surface area contributed by atoms with E-state index in [1.54, 1.807) is 11.3 Å². The third kappa shape index (κ3) is 2.70. The van der Waals surface area contributed by atoms with Crippen molar-refractivity contribution in [3.8, 4) is 0 Å². The van der Waals surface area contributed by atoms with E-state index >= 15 is 0 Å². The molecular formula is C14H20ClN3S. The number of halogens is 1. The van der Waals surface area contributed by atoms with Crippen LogP contribution >= 0.6 is 22.9 Å². The zero-order valence-corrected chi connectivity index (χ0v) is 13.5. The Kier molecular flexibility index (Phi) is 4.63. The van der Waals surface area contributed by atoms with E-state index in [9.17, 15) is 0 Å². The van der Waals surface area contributed by atoms with Crippen molar-refractivity contribution in [3.05, 3.63) is 33.0 Å². The van der Waals surface area contributed by atoms with Crippen LogP contribution in [0.15, 0.2) is 5.38 Å². The number of thiazole rings is 1. The maximum absolute atomic E-state index is 5.84. The highest BCUT2D eigenvalue weighted by molar-refractivity contribution is 7.09. The molecule has 1 atom stereocenters. The van der Waals surface area contributed by atoms with Crippen molar-refractivity contribution in [1.82, 2.24) is 14.8 Å².